The Morgan fingerprint density at radius 1 is 1.33 bits per heavy atom. The van der Waals surface area contributed by atoms with E-state index in [1.807, 2.05) is 30.3 Å². The average molecular weight is 202 g/mol. The van der Waals surface area contributed by atoms with Crippen LogP contribution in [0.25, 0.3) is 0 Å². The zero-order valence-corrected chi connectivity index (χ0v) is 8.71. The molecule has 0 saturated heterocycles. The number of benzene rings is 1. The highest BCUT2D eigenvalue weighted by Crippen LogP contribution is 2.03. The highest BCUT2D eigenvalue weighted by molar-refractivity contribution is 5.89. The number of hydrogen-bond donors (Lipinski definition) is 2. The average Bonchev–Trinajstić information content (AvgIpc) is 2.26. The van der Waals surface area contributed by atoms with E-state index in [0.29, 0.717) is 13.0 Å². The fourth-order valence-electron chi connectivity index (χ4n) is 1.06. The van der Waals surface area contributed by atoms with E-state index >= 15 is 0 Å². The smallest absolute Gasteiger partial charge is 0.319 e. The molecule has 2 amide bonds. The molecule has 2 N–H and O–H groups in total. The van der Waals surface area contributed by atoms with Gasteiger partial charge in [-0.25, -0.2) is 4.79 Å². The molecule has 1 aromatic rings. The Balaban J connectivity index is 2.27. The lowest BCUT2D eigenvalue weighted by molar-refractivity contribution is 0.252. The molecule has 0 aliphatic heterocycles. The zero-order chi connectivity index (χ0) is 10.9. The molecule has 1 rings (SSSR count). The van der Waals surface area contributed by atoms with Crippen molar-refractivity contribution in [3.05, 3.63) is 30.3 Å². The minimum absolute atomic E-state index is 0.195. The van der Waals surface area contributed by atoms with Crippen molar-refractivity contribution in [1.82, 2.24) is 5.32 Å². The molecule has 0 bridgehead atoms. The quantitative estimate of drug-likeness (QED) is 0.572. The molecular weight excluding hydrogens is 188 g/mol. The molecule has 0 atom stereocenters. The van der Waals surface area contributed by atoms with Gasteiger partial charge in [0.05, 0.1) is 0 Å². The zero-order valence-electron chi connectivity index (χ0n) is 8.71. The van der Waals surface area contributed by atoms with Crippen LogP contribution in [0.15, 0.2) is 30.3 Å². The van der Waals surface area contributed by atoms with Gasteiger partial charge < -0.3 is 10.6 Å². The number of amides is 2. The molecule has 0 heterocycles. The fourth-order valence-corrected chi connectivity index (χ4v) is 1.06. The Morgan fingerprint density at radius 3 is 2.73 bits per heavy atom. The van der Waals surface area contributed by atoms with Crippen LogP contribution in [-0.4, -0.2) is 12.6 Å². The normalized spacial score (nSPS) is 8.60. The van der Waals surface area contributed by atoms with Gasteiger partial charge in [0.25, 0.3) is 0 Å². The maximum Gasteiger partial charge on any atom is 0.319 e. The molecule has 0 aliphatic carbocycles. The highest BCUT2D eigenvalue weighted by Gasteiger charge is 1.98. The Morgan fingerprint density at radius 2 is 2.07 bits per heavy atom. The predicted octanol–water partition coefficient (Wildman–Crippen LogP) is 2.22. The van der Waals surface area contributed by atoms with Crippen molar-refractivity contribution in [3.63, 3.8) is 0 Å². The summed E-state index contributed by atoms with van der Waals surface area (Å²) in [7, 11) is 0. The van der Waals surface area contributed by atoms with E-state index < -0.39 is 0 Å². The molecule has 0 aliphatic rings. The predicted molar refractivity (Wildman–Crippen MR) is 61.5 cm³/mol. The minimum atomic E-state index is -0.195. The van der Waals surface area contributed by atoms with Crippen molar-refractivity contribution in [1.29, 1.82) is 0 Å². The number of anilines is 1. The third kappa shape index (κ3) is 4.72. The second-order valence-electron chi connectivity index (χ2n) is 2.92. The highest BCUT2D eigenvalue weighted by atomic mass is 16.2. The third-order valence-corrected chi connectivity index (χ3v) is 1.74. The van der Waals surface area contributed by atoms with E-state index in [-0.39, 0.29) is 6.03 Å². The summed E-state index contributed by atoms with van der Waals surface area (Å²) in [5.74, 6) is 5.64. The maximum absolute atomic E-state index is 11.3. The first-order valence-corrected chi connectivity index (χ1v) is 4.82. The summed E-state index contributed by atoms with van der Waals surface area (Å²) in [5, 5.41) is 5.43. The van der Waals surface area contributed by atoms with Crippen LogP contribution in [0.5, 0.6) is 0 Å². The van der Waals surface area contributed by atoms with Gasteiger partial charge in [-0.05, 0) is 19.1 Å². The van der Waals surface area contributed by atoms with Crippen LogP contribution in [0.2, 0.25) is 0 Å². The summed E-state index contributed by atoms with van der Waals surface area (Å²) in [5.41, 5.74) is 0.788. The van der Waals surface area contributed by atoms with Gasteiger partial charge in [-0.1, -0.05) is 18.2 Å². The molecule has 0 radical (unpaired) electrons. The summed E-state index contributed by atoms with van der Waals surface area (Å²) in [6.07, 6.45) is 0.679. The van der Waals surface area contributed by atoms with Gasteiger partial charge in [-0.3, -0.25) is 0 Å². The summed E-state index contributed by atoms with van der Waals surface area (Å²) in [6, 6.07) is 9.13. The van der Waals surface area contributed by atoms with Crippen LogP contribution in [-0.2, 0) is 0 Å². The Kier molecular flexibility index (Phi) is 4.82. The number of nitrogens with one attached hydrogen (secondary N) is 2. The lowest BCUT2D eigenvalue weighted by atomic mass is 10.3. The lowest BCUT2D eigenvalue weighted by Crippen LogP contribution is -2.29. The van der Waals surface area contributed by atoms with Gasteiger partial charge >= 0.3 is 6.03 Å². The van der Waals surface area contributed by atoms with Crippen molar-refractivity contribution in [2.24, 2.45) is 0 Å². The number of para-hydroxylation sites is 1. The van der Waals surface area contributed by atoms with Crippen molar-refractivity contribution < 1.29 is 4.79 Å². The van der Waals surface area contributed by atoms with Gasteiger partial charge in [0.15, 0.2) is 0 Å². The minimum Gasteiger partial charge on any atom is -0.337 e. The van der Waals surface area contributed by atoms with Crippen molar-refractivity contribution in [2.75, 3.05) is 11.9 Å². The first-order valence-electron chi connectivity index (χ1n) is 4.82. The number of hydrogen-bond acceptors (Lipinski definition) is 1. The van der Waals surface area contributed by atoms with Crippen LogP contribution < -0.4 is 10.6 Å². The Bertz CT molecular complexity index is 362. The van der Waals surface area contributed by atoms with Crippen LogP contribution in [0.1, 0.15) is 13.3 Å². The van der Waals surface area contributed by atoms with Crippen molar-refractivity contribution >= 4 is 11.7 Å². The van der Waals surface area contributed by atoms with E-state index in [1.54, 1.807) is 6.92 Å². The summed E-state index contributed by atoms with van der Waals surface area (Å²) in [6.45, 7) is 2.35. The summed E-state index contributed by atoms with van der Waals surface area (Å²) >= 11 is 0. The van der Waals surface area contributed by atoms with Gasteiger partial charge in [0, 0.05) is 18.7 Å². The Hall–Kier alpha value is -1.95. The number of urea groups is 1. The van der Waals surface area contributed by atoms with E-state index in [1.165, 1.54) is 0 Å². The monoisotopic (exact) mass is 202 g/mol. The van der Waals surface area contributed by atoms with Crippen LogP contribution >= 0.6 is 0 Å². The molecule has 15 heavy (non-hydrogen) atoms. The lowest BCUT2D eigenvalue weighted by Gasteiger charge is -2.05. The molecule has 3 heteroatoms. The SMILES string of the molecule is CC#CCCNC(=O)Nc1ccccc1. The fraction of sp³-hybridized carbons (Fsp3) is 0.250. The topological polar surface area (TPSA) is 41.1 Å². The molecule has 1 aromatic carbocycles. The van der Waals surface area contributed by atoms with Gasteiger partial charge in [-0.2, -0.15) is 0 Å². The second-order valence-corrected chi connectivity index (χ2v) is 2.92. The van der Waals surface area contributed by atoms with Crippen LogP contribution in [0.3, 0.4) is 0 Å². The van der Waals surface area contributed by atoms with Gasteiger partial charge in [-0.15, -0.1) is 11.8 Å². The summed E-state index contributed by atoms with van der Waals surface area (Å²) in [4.78, 5) is 11.3. The summed E-state index contributed by atoms with van der Waals surface area (Å²) < 4.78 is 0. The standard InChI is InChI=1S/C12H14N2O/c1-2-3-7-10-13-12(15)14-11-8-5-4-6-9-11/h4-6,8-9H,7,10H2,1H3,(H2,13,14,15). The van der Waals surface area contributed by atoms with E-state index in [0.717, 1.165) is 5.69 Å². The molecular formula is C12H14N2O. The van der Waals surface area contributed by atoms with Crippen molar-refractivity contribution in [3.8, 4) is 11.8 Å². The van der Waals surface area contributed by atoms with E-state index in [4.69, 9.17) is 0 Å². The molecule has 0 aromatic heterocycles. The van der Waals surface area contributed by atoms with Crippen LogP contribution in [0, 0.1) is 11.8 Å². The first-order chi connectivity index (χ1) is 7.33. The molecule has 0 fully saturated rings. The van der Waals surface area contributed by atoms with E-state index in [2.05, 4.69) is 22.5 Å². The molecule has 0 unspecified atom stereocenters. The molecule has 3 nitrogen and oxygen atoms in total. The van der Waals surface area contributed by atoms with Gasteiger partial charge in [0.1, 0.15) is 0 Å². The maximum atomic E-state index is 11.3. The first kappa shape index (κ1) is 11.1. The number of carbonyl (C=O) groups is 1. The van der Waals surface area contributed by atoms with Crippen LogP contribution in [0.4, 0.5) is 10.5 Å². The van der Waals surface area contributed by atoms with Gasteiger partial charge in [0.2, 0.25) is 0 Å². The van der Waals surface area contributed by atoms with E-state index in [9.17, 15) is 4.79 Å². The second kappa shape index (κ2) is 6.50. The van der Waals surface area contributed by atoms with Crippen molar-refractivity contribution in [2.45, 2.75) is 13.3 Å². The number of carbonyl (C=O) groups excluding carboxylic acids is 1. The Labute approximate surface area is 89.9 Å². The molecule has 78 valence electrons. The third-order valence-electron chi connectivity index (χ3n) is 1.74. The molecule has 0 spiro atoms. The number of rotatable bonds is 3. The molecule has 0 saturated carbocycles. The largest absolute Gasteiger partial charge is 0.337 e.